The van der Waals surface area contributed by atoms with Crippen LogP contribution in [0.4, 0.5) is 17.1 Å². The summed E-state index contributed by atoms with van der Waals surface area (Å²) in [4.78, 5) is 58.4. The van der Waals surface area contributed by atoms with Crippen LogP contribution < -0.4 is 5.32 Å². The number of benzene rings is 2. The molecule has 0 aromatic heterocycles. The molecule has 0 bridgehead atoms. The first-order valence-electron chi connectivity index (χ1n) is 8.39. The summed E-state index contributed by atoms with van der Waals surface area (Å²) in [6, 6.07) is 7.61. The number of fused-ring (bicyclic) bond motifs is 1. The van der Waals surface area contributed by atoms with Gasteiger partial charge in [-0.25, -0.2) is 0 Å². The Morgan fingerprint density at radius 3 is 2.38 bits per heavy atom. The molecule has 3 rings (SSSR count). The zero-order valence-electron chi connectivity index (χ0n) is 15.1. The minimum atomic E-state index is -0.715. The number of carbonyl (C=O) groups excluding carboxylic acids is 3. The Kier molecular flexibility index (Phi) is 5.05. The van der Waals surface area contributed by atoms with E-state index < -0.39 is 27.6 Å². The van der Waals surface area contributed by atoms with Gasteiger partial charge in [0.2, 0.25) is 5.91 Å². The predicted molar refractivity (Wildman–Crippen MR) is 99.5 cm³/mol. The molecule has 11 nitrogen and oxygen atoms in total. The van der Waals surface area contributed by atoms with Gasteiger partial charge in [-0.3, -0.25) is 39.5 Å². The number of nitrogens with zero attached hydrogens (tertiary/aromatic N) is 3. The van der Waals surface area contributed by atoms with Gasteiger partial charge >= 0.3 is 0 Å². The number of carbonyl (C=O) groups is 3. The van der Waals surface area contributed by atoms with E-state index in [0.717, 1.165) is 17.0 Å². The van der Waals surface area contributed by atoms with Crippen LogP contribution in [0, 0.1) is 27.2 Å². The summed E-state index contributed by atoms with van der Waals surface area (Å²) < 4.78 is 0. The molecule has 0 spiro atoms. The Balaban J connectivity index is 1.69. The Labute approximate surface area is 163 Å². The molecule has 0 aliphatic carbocycles. The van der Waals surface area contributed by atoms with E-state index in [1.807, 2.05) is 0 Å². The lowest BCUT2D eigenvalue weighted by Gasteiger charge is -2.14. The standard InChI is InChI=1S/C18H14N4O7/c1-10-14(3-2-4-15(10)22(28)29)19-16(23)7-8-20-17(24)12-6-5-11(21(26)27)9-13(12)18(20)25/h2-6,9H,7-8H2,1H3,(H,19,23). The van der Waals surface area contributed by atoms with Gasteiger partial charge in [0.1, 0.15) is 0 Å². The molecule has 1 aliphatic heterocycles. The maximum absolute atomic E-state index is 12.4. The second-order valence-electron chi connectivity index (χ2n) is 6.25. The predicted octanol–water partition coefficient (Wildman–Crippen LogP) is 2.44. The second kappa shape index (κ2) is 7.46. The monoisotopic (exact) mass is 398 g/mol. The molecule has 0 radical (unpaired) electrons. The molecule has 1 N–H and O–H groups in total. The number of hydrogen-bond donors (Lipinski definition) is 1. The molecule has 0 fully saturated rings. The van der Waals surface area contributed by atoms with Crippen LogP contribution in [0.1, 0.15) is 32.7 Å². The van der Waals surface area contributed by atoms with Crippen molar-refractivity contribution in [3.8, 4) is 0 Å². The van der Waals surface area contributed by atoms with Crippen molar-refractivity contribution < 1.29 is 24.2 Å². The lowest BCUT2D eigenvalue weighted by Crippen LogP contribution is -2.32. The molecule has 148 valence electrons. The van der Waals surface area contributed by atoms with Gasteiger partial charge in [-0.1, -0.05) is 6.07 Å². The molecule has 0 saturated carbocycles. The Bertz CT molecular complexity index is 1080. The molecule has 2 aromatic rings. The van der Waals surface area contributed by atoms with E-state index in [2.05, 4.69) is 5.32 Å². The van der Waals surface area contributed by atoms with Crippen LogP contribution in [0.15, 0.2) is 36.4 Å². The number of imide groups is 1. The highest BCUT2D eigenvalue weighted by Crippen LogP contribution is 2.27. The van der Waals surface area contributed by atoms with E-state index in [0.29, 0.717) is 0 Å². The van der Waals surface area contributed by atoms with Crippen molar-refractivity contribution in [2.24, 2.45) is 0 Å². The number of nitro groups is 2. The summed E-state index contributed by atoms with van der Waals surface area (Å²) >= 11 is 0. The number of hydrogen-bond acceptors (Lipinski definition) is 7. The van der Waals surface area contributed by atoms with Crippen molar-refractivity contribution in [2.75, 3.05) is 11.9 Å². The Hall–Kier alpha value is -4.15. The lowest BCUT2D eigenvalue weighted by atomic mass is 10.1. The molecular weight excluding hydrogens is 384 g/mol. The van der Waals surface area contributed by atoms with Gasteiger partial charge in [-0.15, -0.1) is 0 Å². The zero-order valence-corrected chi connectivity index (χ0v) is 15.1. The minimum absolute atomic E-state index is 0.0375. The average Bonchev–Trinajstić information content (AvgIpc) is 2.91. The zero-order chi connectivity index (χ0) is 21.3. The maximum Gasteiger partial charge on any atom is 0.274 e. The van der Waals surface area contributed by atoms with E-state index in [4.69, 9.17) is 0 Å². The molecule has 0 unspecified atom stereocenters. The summed E-state index contributed by atoms with van der Waals surface area (Å²) in [5.74, 6) is -1.90. The molecule has 29 heavy (non-hydrogen) atoms. The van der Waals surface area contributed by atoms with Crippen LogP contribution in [-0.4, -0.2) is 39.0 Å². The highest BCUT2D eigenvalue weighted by Gasteiger charge is 2.36. The topological polar surface area (TPSA) is 153 Å². The van der Waals surface area contributed by atoms with E-state index in [-0.39, 0.29) is 46.7 Å². The molecule has 0 saturated heterocycles. The molecule has 0 atom stereocenters. The van der Waals surface area contributed by atoms with E-state index in [1.165, 1.54) is 31.2 Å². The fourth-order valence-corrected chi connectivity index (χ4v) is 2.98. The highest BCUT2D eigenvalue weighted by atomic mass is 16.6. The smallest absolute Gasteiger partial charge is 0.274 e. The van der Waals surface area contributed by atoms with E-state index in [1.54, 1.807) is 0 Å². The van der Waals surface area contributed by atoms with Crippen molar-refractivity contribution in [1.29, 1.82) is 0 Å². The van der Waals surface area contributed by atoms with Crippen LogP contribution in [0.5, 0.6) is 0 Å². The van der Waals surface area contributed by atoms with Gasteiger partial charge in [0.25, 0.3) is 23.2 Å². The summed E-state index contributed by atoms with van der Waals surface area (Å²) in [5, 5.41) is 24.4. The van der Waals surface area contributed by atoms with Gasteiger partial charge in [0, 0.05) is 31.2 Å². The lowest BCUT2D eigenvalue weighted by molar-refractivity contribution is -0.385. The number of non-ortho nitro benzene ring substituents is 1. The Morgan fingerprint density at radius 1 is 1.03 bits per heavy atom. The van der Waals surface area contributed by atoms with Crippen LogP contribution in [-0.2, 0) is 4.79 Å². The number of rotatable bonds is 6. The fraction of sp³-hybridized carbons (Fsp3) is 0.167. The van der Waals surface area contributed by atoms with Crippen molar-refractivity contribution in [3.63, 3.8) is 0 Å². The maximum atomic E-state index is 12.4. The molecular formula is C18H14N4O7. The van der Waals surface area contributed by atoms with Crippen LogP contribution >= 0.6 is 0 Å². The molecule has 2 aromatic carbocycles. The number of nitro benzene ring substituents is 2. The third kappa shape index (κ3) is 3.65. The summed E-state index contributed by atoms with van der Waals surface area (Å²) in [7, 11) is 0. The van der Waals surface area contributed by atoms with Gasteiger partial charge in [0.05, 0.1) is 32.2 Å². The first-order valence-corrected chi connectivity index (χ1v) is 8.39. The summed E-state index contributed by atoms with van der Waals surface area (Å²) in [5.41, 5.74) is 0.0196. The highest BCUT2D eigenvalue weighted by molar-refractivity contribution is 6.21. The van der Waals surface area contributed by atoms with Crippen molar-refractivity contribution in [2.45, 2.75) is 13.3 Å². The van der Waals surface area contributed by atoms with Crippen molar-refractivity contribution in [1.82, 2.24) is 4.90 Å². The van der Waals surface area contributed by atoms with Gasteiger partial charge in [0.15, 0.2) is 0 Å². The number of nitrogens with one attached hydrogen (secondary N) is 1. The fourth-order valence-electron chi connectivity index (χ4n) is 2.98. The summed E-state index contributed by atoms with van der Waals surface area (Å²) in [6.45, 7) is 1.25. The number of anilines is 1. The minimum Gasteiger partial charge on any atom is -0.326 e. The first kappa shape index (κ1) is 19.6. The average molecular weight is 398 g/mol. The van der Waals surface area contributed by atoms with Gasteiger partial charge in [-0.05, 0) is 19.1 Å². The molecule has 1 heterocycles. The number of amides is 3. The molecule has 1 aliphatic rings. The van der Waals surface area contributed by atoms with Crippen LogP contribution in [0.25, 0.3) is 0 Å². The molecule has 3 amide bonds. The van der Waals surface area contributed by atoms with Crippen molar-refractivity contribution in [3.05, 3.63) is 73.3 Å². The van der Waals surface area contributed by atoms with Crippen LogP contribution in [0.3, 0.4) is 0 Å². The van der Waals surface area contributed by atoms with Crippen molar-refractivity contribution >= 4 is 34.8 Å². The van der Waals surface area contributed by atoms with Gasteiger partial charge < -0.3 is 5.32 Å². The first-order chi connectivity index (χ1) is 13.7. The largest absolute Gasteiger partial charge is 0.326 e. The third-order valence-electron chi connectivity index (χ3n) is 4.50. The summed E-state index contributed by atoms with van der Waals surface area (Å²) in [6.07, 6.45) is -0.240. The quantitative estimate of drug-likeness (QED) is 0.445. The van der Waals surface area contributed by atoms with E-state index >= 15 is 0 Å². The SMILES string of the molecule is Cc1c(NC(=O)CCN2C(=O)c3ccc([N+](=O)[O-])cc3C2=O)cccc1[N+](=O)[O-]. The second-order valence-corrected chi connectivity index (χ2v) is 6.25. The Morgan fingerprint density at radius 2 is 1.72 bits per heavy atom. The van der Waals surface area contributed by atoms with Crippen LogP contribution in [0.2, 0.25) is 0 Å². The van der Waals surface area contributed by atoms with Gasteiger partial charge in [-0.2, -0.15) is 0 Å². The van der Waals surface area contributed by atoms with E-state index in [9.17, 15) is 34.6 Å². The molecule has 11 heteroatoms. The normalized spacial score (nSPS) is 12.7. The third-order valence-corrected chi connectivity index (χ3v) is 4.50.